The van der Waals surface area contributed by atoms with Gasteiger partial charge >= 0.3 is 0 Å². The summed E-state index contributed by atoms with van der Waals surface area (Å²) in [5, 5.41) is 0. The number of pyridine rings is 1. The van der Waals surface area contributed by atoms with Crippen molar-refractivity contribution >= 4 is 0 Å². The fourth-order valence-corrected chi connectivity index (χ4v) is 2.13. The van der Waals surface area contributed by atoms with Gasteiger partial charge in [0, 0.05) is 5.69 Å². The highest BCUT2D eigenvalue weighted by Gasteiger charge is 2.25. The molecule has 2 heterocycles. The average molecular weight is 262 g/mol. The Kier molecular flexibility index (Phi) is 3.66. The lowest BCUT2D eigenvalue weighted by Gasteiger charge is -2.20. The van der Waals surface area contributed by atoms with Gasteiger partial charge in [-0.2, -0.15) is 0 Å². The summed E-state index contributed by atoms with van der Waals surface area (Å²) in [6.07, 6.45) is 3.02. The van der Waals surface area contributed by atoms with Gasteiger partial charge in [-0.15, -0.1) is 0 Å². The van der Waals surface area contributed by atoms with Gasteiger partial charge in [0.25, 0.3) is 0 Å². The van der Waals surface area contributed by atoms with Gasteiger partial charge in [0.1, 0.15) is 17.3 Å². The summed E-state index contributed by atoms with van der Waals surface area (Å²) in [6.45, 7) is 5.96. The molecule has 19 heavy (non-hydrogen) atoms. The van der Waals surface area contributed by atoms with Crippen LogP contribution in [-0.2, 0) is 5.54 Å². The van der Waals surface area contributed by atoms with Crippen molar-refractivity contribution < 1.29 is 4.39 Å². The first kappa shape index (κ1) is 13.7. The molecule has 1 atom stereocenters. The monoisotopic (exact) mass is 262 g/mol. The van der Waals surface area contributed by atoms with E-state index in [1.807, 2.05) is 13.8 Å². The normalized spacial score (nSPS) is 14.4. The molecule has 0 amide bonds. The molecule has 5 heteroatoms. The summed E-state index contributed by atoms with van der Waals surface area (Å²) in [5.74, 6) is 0.389. The predicted octanol–water partition coefficient (Wildman–Crippen LogP) is 2.89. The van der Waals surface area contributed by atoms with Gasteiger partial charge in [-0.1, -0.05) is 13.3 Å². The number of aromatic nitrogens is 3. The smallest absolute Gasteiger partial charge is 0.141 e. The summed E-state index contributed by atoms with van der Waals surface area (Å²) in [7, 11) is 0. The Hall–Kier alpha value is -1.75. The molecule has 3 N–H and O–H groups in total. The van der Waals surface area contributed by atoms with Crippen molar-refractivity contribution in [1.82, 2.24) is 15.0 Å². The molecule has 2 aromatic heterocycles. The quantitative estimate of drug-likeness (QED) is 0.890. The Morgan fingerprint density at radius 3 is 2.74 bits per heavy atom. The van der Waals surface area contributed by atoms with E-state index in [2.05, 4.69) is 21.9 Å². The van der Waals surface area contributed by atoms with Gasteiger partial charge in [0.05, 0.1) is 17.4 Å². The zero-order valence-corrected chi connectivity index (χ0v) is 11.5. The van der Waals surface area contributed by atoms with E-state index in [-0.39, 0.29) is 5.82 Å². The van der Waals surface area contributed by atoms with Gasteiger partial charge in [-0.3, -0.25) is 4.98 Å². The number of nitrogens with two attached hydrogens (primary N) is 1. The first-order valence-electron chi connectivity index (χ1n) is 6.42. The second-order valence-electron chi connectivity index (χ2n) is 5.09. The number of hydrogen-bond donors (Lipinski definition) is 2. The Bertz CT molecular complexity index is 557. The standard InChI is InChI=1S/C14H19FN4/c1-4-7-14(3,16)13-18-9(2)12(19-13)11-6-5-10(15)8-17-11/h5-6,8H,4,7,16H2,1-3H3,(H,18,19). The minimum Gasteiger partial charge on any atom is -0.344 e. The summed E-state index contributed by atoms with van der Waals surface area (Å²) in [6, 6.07) is 3.00. The van der Waals surface area contributed by atoms with Crippen molar-refractivity contribution in [1.29, 1.82) is 0 Å². The molecular weight excluding hydrogens is 243 g/mol. The van der Waals surface area contributed by atoms with Crippen molar-refractivity contribution in [2.75, 3.05) is 0 Å². The van der Waals surface area contributed by atoms with Gasteiger partial charge in [-0.05, 0) is 32.4 Å². The van der Waals surface area contributed by atoms with Crippen LogP contribution in [0.5, 0.6) is 0 Å². The molecule has 102 valence electrons. The first-order chi connectivity index (χ1) is 8.94. The van der Waals surface area contributed by atoms with Crippen LogP contribution in [0.4, 0.5) is 4.39 Å². The van der Waals surface area contributed by atoms with E-state index in [4.69, 9.17) is 5.73 Å². The van der Waals surface area contributed by atoms with Gasteiger partial charge in [0.2, 0.25) is 0 Å². The number of hydrogen-bond acceptors (Lipinski definition) is 3. The highest BCUT2D eigenvalue weighted by atomic mass is 19.1. The number of rotatable bonds is 4. The Morgan fingerprint density at radius 1 is 1.42 bits per heavy atom. The van der Waals surface area contributed by atoms with Crippen LogP contribution in [0, 0.1) is 12.7 Å². The van der Waals surface area contributed by atoms with E-state index < -0.39 is 5.54 Å². The minimum absolute atomic E-state index is 0.355. The number of H-pyrrole nitrogens is 1. The van der Waals surface area contributed by atoms with Crippen LogP contribution >= 0.6 is 0 Å². The van der Waals surface area contributed by atoms with E-state index in [1.165, 1.54) is 12.3 Å². The van der Waals surface area contributed by atoms with Crippen molar-refractivity contribution in [3.05, 3.63) is 35.7 Å². The fourth-order valence-electron chi connectivity index (χ4n) is 2.13. The highest BCUT2D eigenvalue weighted by molar-refractivity contribution is 5.57. The zero-order chi connectivity index (χ0) is 14.0. The van der Waals surface area contributed by atoms with Crippen LogP contribution < -0.4 is 5.73 Å². The second-order valence-corrected chi connectivity index (χ2v) is 5.09. The second kappa shape index (κ2) is 5.09. The summed E-state index contributed by atoms with van der Waals surface area (Å²) >= 11 is 0. The number of aromatic amines is 1. The molecule has 0 saturated carbocycles. The molecule has 0 fully saturated rings. The van der Waals surface area contributed by atoms with Crippen molar-refractivity contribution in [2.24, 2.45) is 5.73 Å². The molecule has 0 aliphatic carbocycles. The first-order valence-corrected chi connectivity index (χ1v) is 6.42. The third kappa shape index (κ3) is 2.81. The van der Waals surface area contributed by atoms with E-state index in [9.17, 15) is 4.39 Å². The Balaban J connectivity index is 2.39. The molecule has 1 unspecified atom stereocenters. The summed E-state index contributed by atoms with van der Waals surface area (Å²) in [4.78, 5) is 11.8. The maximum absolute atomic E-state index is 12.9. The molecule has 0 saturated heterocycles. The average Bonchev–Trinajstić information content (AvgIpc) is 2.73. The Morgan fingerprint density at radius 2 is 2.16 bits per heavy atom. The van der Waals surface area contributed by atoms with Crippen molar-refractivity contribution in [3.63, 3.8) is 0 Å². The molecule has 2 rings (SSSR count). The highest BCUT2D eigenvalue weighted by Crippen LogP contribution is 2.26. The third-order valence-corrected chi connectivity index (χ3v) is 3.17. The fraction of sp³-hybridized carbons (Fsp3) is 0.429. The van der Waals surface area contributed by atoms with Crippen LogP contribution in [-0.4, -0.2) is 15.0 Å². The van der Waals surface area contributed by atoms with Crippen LogP contribution in [0.2, 0.25) is 0 Å². The molecule has 0 aliphatic heterocycles. The molecular formula is C14H19FN4. The lowest BCUT2D eigenvalue weighted by atomic mass is 9.97. The van der Waals surface area contributed by atoms with E-state index in [0.717, 1.165) is 30.1 Å². The van der Waals surface area contributed by atoms with E-state index in [0.29, 0.717) is 5.69 Å². The SMILES string of the molecule is CCCC(C)(N)c1nc(-c2ccc(F)cn2)c(C)[nH]1. The minimum atomic E-state index is -0.488. The Labute approximate surface area is 112 Å². The molecule has 0 aromatic carbocycles. The maximum atomic E-state index is 12.9. The molecule has 0 radical (unpaired) electrons. The van der Waals surface area contributed by atoms with Crippen molar-refractivity contribution in [3.8, 4) is 11.4 Å². The maximum Gasteiger partial charge on any atom is 0.141 e. The number of nitrogens with one attached hydrogen (secondary N) is 1. The lowest BCUT2D eigenvalue weighted by molar-refractivity contribution is 0.423. The largest absolute Gasteiger partial charge is 0.344 e. The number of halogens is 1. The zero-order valence-electron chi connectivity index (χ0n) is 11.5. The van der Waals surface area contributed by atoms with Gasteiger partial charge in [-0.25, -0.2) is 9.37 Å². The van der Waals surface area contributed by atoms with Gasteiger partial charge in [0.15, 0.2) is 0 Å². The van der Waals surface area contributed by atoms with Crippen molar-refractivity contribution in [2.45, 2.75) is 39.2 Å². The van der Waals surface area contributed by atoms with Crippen LogP contribution in [0.1, 0.15) is 38.2 Å². The van der Waals surface area contributed by atoms with Crippen LogP contribution in [0.25, 0.3) is 11.4 Å². The number of aryl methyl sites for hydroxylation is 1. The molecule has 0 spiro atoms. The molecule has 0 bridgehead atoms. The summed E-state index contributed by atoms with van der Waals surface area (Å²) in [5.41, 5.74) is 8.03. The molecule has 2 aromatic rings. The predicted molar refractivity (Wildman–Crippen MR) is 73.0 cm³/mol. The summed E-state index contributed by atoms with van der Waals surface area (Å²) < 4.78 is 12.9. The molecule has 4 nitrogen and oxygen atoms in total. The third-order valence-electron chi connectivity index (χ3n) is 3.17. The van der Waals surface area contributed by atoms with Crippen LogP contribution in [0.3, 0.4) is 0 Å². The number of imidazole rings is 1. The number of nitrogens with zero attached hydrogens (tertiary/aromatic N) is 2. The molecule has 0 aliphatic rings. The van der Waals surface area contributed by atoms with Gasteiger partial charge < -0.3 is 10.7 Å². The topological polar surface area (TPSA) is 67.6 Å². The van der Waals surface area contributed by atoms with E-state index >= 15 is 0 Å². The van der Waals surface area contributed by atoms with E-state index in [1.54, 1.807) is 6.07 Å². The lowest BCUT2D eigenvalue weighted by Crippen LogP contribution is -2.34. The van der Waals surface area contributed by atoms with Crippen LogP contribution in [0.15, 0.2) is 18.3 Å².